The van der Waals surface area contributed by atoms with E-state index in [2.05, 4.69) is 27.0 Å². The molecular weight excluding hydrogens is 586 g/mol. The maximum absolute atomic E-state index is 15.0. The largest absolute Gasteiger partial charge is 0.446 e. The van der Waals surface area contributed by atoms with Crippen molar-refractivity contribution in [2.75, 3.05) is 44.7 Å². The van der Waals surface area contributed by atoms with Gasteiger partial charge < -0.3 is 24.4 Å². The number of alkyl carbamates (subject to hydrolysis) is 1. The molecule has 0 bridgehead atoms. The first-order chi connectivity index (χ1) is 22.2. The van der Waals surface area contributed by atoms with Crippen LogP contribution in [-0.2, 0) is 16.7 Å². The predicted molar refractivity (Wildman–Crippen MR) is 172 cm³/mol. The third-order valence-corrected chi connectivity index (χ3v) is 10.7. The number of aromatic nitrogens is 2. The van der Waals surface area contributed by atoms with E-state index < -0.39 is 11.5 Å². The molecule has 244 valence electrons. The molecule has 10 heteroatoms. The highest BCUT2D eigenvalue weighted by atomic mass is 19.1. The van der Waals surface area contributed by atoms with Gasteiger partial charge in [-0.05, 0) is 101 Å². The maximum Gasteiger partial charge on any atom is 0.407 e. The molecule has 1 N–H and O–H groups in total. The van der Waals surface area contributed by atoms with Gasteiger partial charge in [0.15, 0.2) is 0 Å². The van der Waals surface area contributed by atoms with Crippen LogP contribution in [0.15, 0.2) is 48.7 Å². The zero-order valence-electron chi connectivity index (χ0n) is 27.0. The minimum Gasteiger partial charge on any atom is -0.446 e. The smallest absolute Gasteiger partial charge is 0.407 e. The molecule has 3 fully saturated rings. The van der Waals surface area contributed by atoms with E-state index in [1.165, 1.54) is 12.1 Å². The molecule has 3 aliphatic rings. The molecule has 0 spiro atoms. The number of likely N-dealkylation sites (tertiary alicyclic amines) is 1. The van der Waals surface area contributed by atoms with Crippen LogP contribution >= 0.6 is 0 Å². The van der Waals surface area contributed by atoms with Crippen molar-refractivity contribution in [2.24, 2.45) is 17.8 Å². The molecule has 3 atom stereocenters. The van der Waals surface area contributed by atoms with Crippen LogP contribution in [0.5, 0.6) is 0 Å². The van der Waals surface area contributed by atoms with E-state index in [1.807, 2.05) is 30.9 Å². The summed E-state index contributed by atoms with van der Waals surface area (Å²) in [5.74, 6) is 1.01. The Balaban J connectivity index is 1.24. The summed E-state index contributed by atoms with van der Waals surface area (Å²) in [6.45, 7) is 9.00. The van der Waals surface area contributed by atoms with Crippen LogP contribution in [0.4, 0.5) is 19.3 Å². The molecule has 2 aliphatic heterocycles. The zero-order chi connectivity index (χ0) is 32.4. The van der Waals surface area contributed by atoms with E-state index in [-0.39, 0.29) is 29.6 Å². The number of hydrogen-bond donors (Lipinski definition) is 1. The van der Waals surface area contributed by atoms with Gasteiger partial charge in [-0.25, -0.2) is 18.6 Å². The van der Waals surface area contributed by atoms with Crippen LogP contribution < -0.4 is 10.2 Å². The SMILES string of the molecule is CNC(=O)O[C@H]1CCC[C@@H]1[C@](Cn1cc(C)nc1C)(c1cccc(F)c1)C1CCN(CC2CN(c3ccc(C#N)cc3F)C2)CC1. The fourth-order valence-corrected chi connectivity index (χ4v) is 8.54. The van der Waals surface area contributed by atoms with Gasteiger partial charge in [-0.3, -0.25) is 0 Å². The highest BCUT2D eigenvalue weighted by Crippen LogP contribution is 2.52. The number of aryl methyl sites for hydroxylation is 2. The van der Waals surface area contributed by atoms with Gasteiger partial charge in [0.25, 0.3) is 0 Å². The van der Waals surface area contributed by atoms with Gasteiger partial charge in [0.05, 0.1) is 23.0 Å². The Labute approximate surface area is 270 Å². The summed E-state index contributed by atoms with van der Waals surface area (Å²) in [6.07, 6.45) is 5.89. The lowest BCUT2D eigenvalue weighted by atomic mass is 9.58. The summed E-state index contributed by atoms with van der Waals surface area (Å²) in [6, 6.07) is 13.7. The molecule has 0 radical (unpaired) electrons. The second-order valence-corrected chi connectivity index (χ2v) is 13.5. The predicted octanol–water partition coefficient (Wildman–Crippen LogP) is 5.96. The highest BCUT2D eigenvalue weighted by molar-refractivity contribution is 5.67. The first-order valence-electron chi connectivity index (χ1n) is 16.5. The van der Waals surface area contributed by atoms with Crippen molar-refractivity contribution in [3.63, 3.8) is 0 Å². The number of rotatable bonds is 9. The Morgan fingerprint density at radius 2 is 1.89 bits per heavy atom. The Morgan fingerprint density at radius 3 is 2.54 bits per heavy atom. The van der Waals surface area contributed by atoms with Crippen LogP contribution in [0, 0.1) is 54.6 Å². The van der Waals surface area contributed by atoms with E-state index in [1.54, 1.807) is 25.2 Å². The molecule has 1 aliphatic carbocycles. The van der Waals surface area contributed by atoms with Gasteiger partial charge >= 0.3 is 6.09 Å². The molecule has 2 saturated heterocycles. The van der Waals surface area contributed by atoms with Gasteiger partial charge in [0.1, 0.15) is 23.6 Å². The van der Waals surface area contributed by atoms with Crippen LogP contribution in [0.1, 0.15) is 54.7 Å². The topological polar surface area (TPSA) is 86.4 Å². The number of nitriles is 1. The summed E-state index contributed by atoms with van der Waals surface area (Å²) < 4.78 is 37.9. The van der Waals surface area contributed by atoms with Crippen molar-refractivity contribution in [3.8, 4) is 6.07 Å². The fraction of sp³-hybridized carbons (Fsp3) is 0.528. The van der Waals surface area contributed by atoms with Crippen molar-refractivity contribution in [1.29, 1.82) is 5.26 Å². The number of carbonyl (C=O) groups is 1. The number of hydrogen-bond acceptors (Lipinski definition) is 6. The number of nitrogens with zero attached hydrogens (tertiary/aromatic N) is 5. The lowest BCUT2D eigenvalue weighted by molar-refractivity contribution is 0.00167. The second kappa shape index (κ2) is 13.4. The number of carbonyl (C=O) groups excluding carboxylic acids is 1. The molecule has 1 saturated carbocycles. The molecule has 46 heavy (non-hydrogen) atoms. The molecule has 3 aromatic rings. The van der Waals surface area contributed by atoms with Crippen LogP contribution in [0.3, 0.4) is 0 Å². The van der Waals surface area contributed by atoms with E-state index >= 15 is 4.39 Å². The van der Waals surface area contributed by atoms with Gasteiger partial charge in [-0.2, -0.15) is 5.26 Å². The van der Waals surface area contributed by atoms with Crippen LogP contribution in [0.2, 0.25) is 0 Å². The van der Waals surface area contributed by atoms with Crippen molar-refractivity contribution in [3.05, 3.63) is 82.9 Å². The number of amides is 1. The second-order valence-electron chi connectivity index (χ2n) is 13.5. The van der Waals surface area contributed by atoms with Gasteiger partial charge in [0.2, 0.25) is 0 Å². The lowest BCUT2D eigenvalue weighted by Crippen LogP contribution is -2.55. The number of nitrogens with one attached hydrogen (secondary N) is 1. The van der Waals surface area contributed by atoms with E-state index in [9.17, 15) is 9.18 Å². The van der Waals surface area contributed by atoms with Crippen molar-refractivity contribution in [2.45, 2.75) is 64.0 Å². The summed E-state index contributed by atoms with van der Waals surface area (Å²) in [5, 5.41) is 11.7. The summed E-state index contributed by atoms with van der Waals surface area (Å²) in [5.41, 5.74) is 2.33. The number of ether oxygens (including phenoxy) is 1. The first kappa shape index (κ1) is 32.0. The summed E-state index contributed by atoms with van der Waals surface area (Å²) in [4.78, 5) is 21.8. The third kappa shape index (κ3) is 6.35. The number of benzene rings is 2. The normalized spacial score (nSPS) is 22.2. The number of imidazole rings is 1. The van der Waals surface area contributed by atoms with Crippen molar-refractivity contribution >= 4 is 11.8 Å². The van der Waals surface area contributed by atoms with Gasteiger partial charge in [0, 0.05) is 56.7 Å². The standard InChI is InChI=1S/C36H44F2N6O2/c1-24-19-44(25(2)41-24)23-36(29-6-4-7-30(37)17-29,31-8-5-9-34(31)46-35(45)40-3)28-12-14-42(15-13-28)20-27-21-43(22-27)33-11-10-26(18-39)16-32(33)38/h4,6-7,10-11,16-17,19,27-28,31,34H,5,8-9,12-15,20-23H2,1-3H3,(H,40,45)/t31-,34-,36-/m0/s1. The monoisotopic (exact) mass is 630 g/mol. The molecule has 1 aromatic heterocycles. The first-order valence-corrected chi connectivity index (χ1v) is 16.5. The molecule has 1 amide bonds. The fourth-order valence-electron chi connectivity index (χ4n) is 8.54. The quantitative estimate of drug-likeness (QED) is 0.314. The van der Waals surface area contributed by atoms with Crippen LogP contribution in [-0.4, -0.2) is 66.4 Å². The summed E-state index contributed by atoms with van der Waals surface area (Å²) in [7, 11) is 1.58. The highest BCUT2D eigenvalue weighted by Gasteiger charge is 2.53. The number of anilines is 1. The Bertz CT molecular complexity index is 1590. The van der Waals surface area contributed by atoms with E-state index in [0.29, 0.717) is 23.7 Å². The Hall–Kier alpha value is -3.97. The third-order valence-electron chi connectivity index (χ3n) is 10.7. The molecular formula is C36H44F2N6O2. The van der Waals surface area contributed by atoms with Crippen LogP contribution in [0.25, 0.3) is 0 Å². The summed E-state index contributed by atoms with van der Waals surface area (Å²) >= 11 is 0. The average molecular weight is 631 g/mol. The maximum atomic E-state index is 15.0. The molecule has 3 heterocycles. The minimum absolute atomic E-state index is 0.0211. The molecule has 2 aromatic carbocycles. The van der Waals surface area contributed by atoms with Crippen molar-refractivity contribution < 1.29 is 18.3 Å². The Kier molecular flexibility index (Phi) is 9.32. The zero-order valence-corrected chi connectivity index (χ0v) is 27.0. The molecule has 6 rings (SSSR count). The van der Waals surface area contributed by atoms with Gasteiger partial charge in [-0.15, -0.1) is 0 Å². The minimum atomic E-state index is -0.471. The van der Waals surface area contributed by atoms with Gasteiger partial charge in [-0.1, -0.05) is 12.1 Å². The lowest BCUT2D eigenvalue weighted by Gasteiger charge is -2.51. The van der Waals surface area contributed by atoms with E-state index in [0.717, 1.165) is 81.9 Å². The Morgan fingerprint density at radius 1 is 1.11 bits per heavy atom. The van der Waals surface area contributed by atoms with Crippen molar-refractivity contribution in [1.82, 2.24) is 19.8 Å². The average Bonchev–Trinajstić information content (AvgIpc) is 3.62. The number of halogens is 2. The number of piperidine rings is 1. The molecule has 8 nitrogen and oxygen atoms in total. The molecule has 0 unspecified atom stereocenters. The van der Waals surface area contributed by atoms with E-state index in [4.69, 9.17) is 15.0 Å².